The van der Waals surface area contributed by atoms with Gasteiger partial charge in [0.2, 0.25) is 0 Å². The van der Waals surface area contributed by atoms with E-state index >= 15 is 0 Å². The van der Waals surface area contributed by atoms with Gasteiger partial charge >= 0.3 is 0 Å². The summed E-state index contributed by atoms with van der Waals surface area (Å²) in [7, 11) is 3.36. The standard InChI is InChI=1S/C19H20N4O3/c1-11(2)16-15-9-13(10-20-18(15)26-22-16)17(24)21-14-7-5-6-12(8-14)19(25)23(3)4/h5-11H,1-4H3,(H,21,24). The van der Waals surface area contributed by atoms with Gasteiger partial charge in [-0.3, -0.25) is 9.59 Å². The molecule has 0 aliphatic rings. The summed E-state index contributed by atoms with van der Waals surface area (Å²) in [5.41, 5.74) is 2.61. The average Bonchev–Trinajstić information content (AvgIpc) is 3.04. The zero-order valence-corrected chi connectivity index (χ0v) is 15.1. The molecule has 26 heavy (non-hydrogen) atoms. The molecule has 0 aliphatic carbocycles. The minimum Gasteiger partial charge on any atom is -0.345 e. The maximum absolute atomic E-state index is 12.6. The Morgan fingerprint density at radius 1 is 1.15 bits per heavy atom. The van der Waals surface area contributed by atoms with Gasteiger partial charge < -0.3 is 14.7 Å². The molecule has 0 bridgehead atoms. The third kappa shape index (κ3) is 3.42. The van der Waals surface area contributed by atoms with Crippen LogP contribution in [0.5, 0.6) is 0 Å². The highest BCUT2D eigenvalue weighted by Crippen LogP contribution is 2.24. The second-order valence-electron chi connectivity index (χ2n) is 6.53. The quantitative estimate of drug-likeness (QED) is 0.778. The first kappa shape index (κ1) is 17.6. The SMILES string of the molecule is CC(C)c1noc2ncc(C(=O)Nc3cccc(C(=O)N(C)C)c3)cc12. The van der Waals surface area contributed by atoms with Crippen LogP contribution in [-0.2, 0) is 0 Å². The number of fused-ring (bicyclic) bond motifs is 1. The molecule has 0 atom stereocenters. The second kappa shape index (κ2) is 6.95. The number of carbonyl (C=O) groups excluding carboxylic acids is 2. The van der Waals surface area contributed by atoms with Crippen molar-refractivity contribution in [2.45, 2.75) is 19.8 Å². The zero-order valence-electron chi connectivity index (χ0n) is 15.1. The lowest BCUT2D eigenvalue weighted by Gasteiger charge is -2.11. The van der Waals surface area contributed by atoms with Crippen molar-refractivity contribution in [1.29, 1.82) is 0 Å². The summed E-state index contributed by atoms with van der Waals surface area (Å²) >= 11 is 0. The Kier molecular flexibility index (Phi) is 4.71. The van der Waals surface area contributed by atoms with Crippen molar-refractivity contribution < 1.29 is 14.1 Å². The summed E-state index contributed by atoms with van der Waals surface area (Å²) in [6, 6.07) is 8.53. The number of amides is 2. The first-order valence-corrected chi connectivity index (χ1v) is 8.25. The van der Waals surface area contributed by atoms with Gasteiger partial charge in [0.1, 0.15) is 0 Å². The number of anilines is 1. The molecular weight excluding hydrogens is 332 g/mol. The Bertz CT molecular complexity index is 976. The van der Waals surface area contributed by atoms with Crippen LogP contribution in [0.3, 0.4) is 0 Å². The Morgan fingerprint density at radius 3 is 2.62 bits per heavy atom. The Morgan fingerprint density at radius 2 is 1.92 bits per heavy atom. The van der Waals surface area contributed by atoms with E-state index in [-0.39, 0.29) is 17.7 Å². The Balaban J connectivity index is 1.86. The van der Waals surface area contributed by atoms with E-state index in [0.29, 0.717) is 22.5 Å². The van der Waals surface area contributed by atoms with Gasteiger partial charge in [0, 0.05) is 31.5 Å². The minimum absolute atomic E-state index is 0.129. The van der Waals surface area contributed by atoms with Crippen molar-refractivity contribution in [2.75, 3.05) is 19.4 Å². The highest BCUT2D eigenvalue weighted by molar-refractivity contribution is 6.06. The second-order valence-corrected chi connectivity index (χ2v) is 6.53. The average molecular weight is 352 g/mol. The van der Waals surface area contributed by atoms with E-state index in [1.807, 2.05) is 13.8 Å². The number of carbonyl (C=O) groups is 2. The maximum atomic E-state index is 12.6. The van der Waals surface area contributed by atoms with Crippen LogP contribution in [0.4, 0.5) is 5.69 Å². The fourth-order valence-corrected chi connectivity index (χ4v) is 2.58. The summed E-state index contributed by atoms with van der Waals surface area (Å²) < 4.78 is 5.19. The van der Waals surface area contributed by atoms with Gasteiger partial charge in [-0.05, 0) is 30.2 Å². The molecule has 1 aromatic carbocycles. The normalized spacial score (nSPS) is 11.0. The third-order valence-corrected chi connectivity index (χ3v) is 3.94. The van der Waals surface area contributed by atoms with Crippen LogP contribution >= 0.6 is 0 Å². The van der Waals surface area contributed by atoms with Crippen LogP contribution in [0.15, 0.2) is 41.1 Å². The summed E-state index contributed by atoms with van der Waals surface area (Å²) in [6.45, 7) is 3.99. The number of pyridine rings is 1. The lowest BCUT2D eigenvalue weighted by Crippen LogP contribution is -2.22. The number of benzene rings is 1. The smallest absolute Gasteiger partial charge is 0.257 e. The highest BCUT2D eigenvalue weighted by atomic mass is 16.5. The molecule has 2 amide bonds. The molecule has 0 saturated carbocycles. The molecule has 0 unspecified atom stereocenters. The van der Waals surface area contributed by atoms with Crippen LogP contribution < -0.4 is 5.32 Å². The van der Waals surface area contributed by atoms with Crippen LogP contribution in [0, 0.1) is 0 Å². The fraction of sp³-hybridized carbons (Fsp3) is 0.263. The monoisotopic (exact) mass is 352 g/mol. The Labute approximate surface area is 151 Å². The van der Waals surface area contributed by atoms with Crippen molar-refractivity contribution in [3.05, 3.63) is 53.3 Å². The van der Waals surface area contributed by atoms with E-state index in [4.69, 9.17) is 4.52 Å². The van der Waals surface area contributed by atoms with E-state index in [0.717, 1.165) is 11.1 Å². The Hall–Kier alpha value is -3.22. The summed E-state index contributed by atoms with van der Waals surface area (Å²) in [4.78, 5) is 30.3. The molecule has 0 spiro atoms. The molecule has 134 valence electrons. The molecule has 3 aromatic rings. The first-order chi connectivity index (χ1) is 12.4. The summed E-state index contributed by atoms with van der Waals surface area (Å²) in [6.07, 6.45) is 1.45. The summed E-state index contributed by atoms with van der Waals surface area (Å²) in [5.74, 6) is -0.287. The molecular formula is C19H20N4O3. The molecule has 1 N–H and O–H groups in total. The number of nitrogens with zero attached hydrogens (tertiary/aromatic N) is 3. The first-order valence-electron chi connectivity index (χ1n) is 8.25. The minimum atomic E-state index is -0.315. The van der Waals surface area contributed by atoms with E-state index in [9.17, 15) is 9.59 Å². The fourth-order valence-electron chi connectivity index (χ4n) is 2.58. The van der Waals surface area contributed by atoms with Gasteiger partial charge in [-0.2, -0.15) is 0 Å². The highest BCUT2D eigenvalue weighted by Gasteiger charge is 2.16. The largest absolute Gasteiger partial charge is 0.345 e. The number of nitrogens with one attached hydrogen (secondary N) is 1. The lowest BCUT2D eigenvalue weighted by molar-refractivity contribution is 0.0827. The summed E-state index contributed by atoms with van der Waals surface area (Å²) in [5, 5.41) is 7.54. The number of rotatable bonds is 4. The van der Waals surface area contributed by atoms with Crippen molar-refractivity contribution >= 4 is 28.6 Å². The van der Waals surface area contributed by atoms with Gasteiger partial charge in [-0.1, -0.05) is 25.1 Å². The maximum Gasteiger partial charge on any atom is 0.257 e. The van der Waals surface area contributed by atoms with Crippen LogP contribution in [0.25, 0.3) is 11.1 Å². The van der Waals surface area contributed by atoms with E-state index in [1.165, 1.54) is 11.1 Å². The van der Waals surface area contributed by atoms with Crippen LogP contribution in [0.1, 0.15) is 46.2 Å². The molecule has 0 aliphatic heterocycles. The predicted octanol–water partition coefficient (Wildman–Crippen LogP) is 3.30. The van der Waals surface area contributed by atoms with Gasteiger partial charge in [0.15, 0.2) is 0 Å². The van der Waals surface area contributed by atoms with E-state index < -0.39 is 0 Å². The topological polar surface area (TPSA) is 88.3 Å². The van der Waals surface area contributed by atoms with Crippen molar-refractivity contribution in [3.63, 3.8) is 0 Å². The third-order valence-electron chi connectivity index (χ3n) is 3.94. The molecule has 2 heterocycles. The van der Waals surface area contributed by atoms with E-state index in [1.54, 1.807) is 44.4 Å². The molecule has 2 aromatic heterocycles. The van der Waals surface area contributed by atoms with Crippen molar-refractivity contribution in [2.24, 2.45) is 0 Å². The molecule has 7 nitrogen and oxygen atoms in total. The van der Waals surface area contributed by atoms with Gasteiger partial charge in [-0.15, -0.1) is 0 Å². The van der Waals surface area contributed by atoms with Crippen LogP contribution in [-0.4, -0.2) is 41.0 Å². The molecule has 7 heteroatoms. The van der Waals surface area contributed by atoms with Crippen molar-refractivity contribution in [1.82, 2.24) is 15.0 Å². The number of hydrogen-bond donors (Lipinski definition) is 1. The number of aromatic nitrogens is 2. The van der Waals surface area contributed by atoms with Gasteiger partial charge in [-0.25, -0.2) is 4.98 Å². The van der Waals surface area contributed by atoms with Gasteiger partial charge in [0.05, 0.1) is 16.6 Å². The number of hydrogen-bond acceptors (Lipinski definition) is 5. The van der Waals surface area contributed by atoms with Crippen LogP contribution in [0.2, 0.25) is 0 Å². The van der Waals surface area contributed by atoms with E-state index in [2.05, 4.69) is 15.5 Å². The molecule has 0 radical (unpaired) electrons. The zero-order chi connectivity index (χ0) is 18.8. The lowest BCUT2D eigenvalue weighted by atomic mass is 10.1. The molecule has 0 fully saturated rings. The molecule has 0 saturated heterocycles. The molecule has 3 rings (SSSR count). The predicted molar refractivity (Wildman–Crippen MR) is 98.3 cm³/mol. The van der Waals surface area contributed by atoms with Gasteiger partial charge in [0.25, 0.3) is 17.5 Å². The van der Waals surface area contributed by atoms with Crippen molar-refractivity contribution in [3.8, 4) is 0 Å².